The number of amides is 2. The van der Waals surface area contributed by atoms with Crippen LogP contribution < -0.4 is 15.5 Å². The van der Waals surface area contributed by atoms with Gasteiger partial charge in [-0.05, 0) is 38.1 Å². The quantitative estimate of drug-likeness (QED) is 0.592. The van der Waals surface area contributed by atoms with Crippen molar-refractivity contribution in [1.29, 1.82) is 0 Å². The van der Waals surface area contributed by atoms with Crippen LogP contribution in [0.2, 0.25) is 0 Å². The number of nitrogens with zero attached hydrogens (tertiary/aromatic N) is 5. The molecular formula is C23H28FN7O3. The van der Waals surface area contributed by atoms with Crippen molar-refractivity contribution < 1.29 is 18.7 Å². The molecule has 180 valence electrons. The van der Waals surface area contributed by atoms with Crippen molar-refractivity contribution in [2.45, 2.75) is 25.6 Å². The van der Waals surface area contributed by atoms with Gasteiger partial charge in [0.15, 0.2) is 28.6 Å². The summed E-state index contributed by atoms with van der Waals surface area (Å²) in [5.74, 6) is 1.45. The molecule has 1 unspecified atom stereocenters. The summed E-state index contributed by atoms with van der Waals surface area (Å²) in [4.78, 5) is 28.2. The fourth-order valence-corrected chi connectivity index (χ4v) is 4.27. The Morgan fingerprint density at radius 1 is 1.21 bits per heavy atom. The highest BCUT2D eigenvalue weighted by atomic mass is 19.1. The fourth-order valence-electron chi connectivity index (χ4n) is 4.27. The average molecular weight is 470 g/mol. The maximum absolute atomic E-state index is 15.3. The second kappa shape index (κ2) is 8.80. The van der Waals surface area contributed by atoms with Gasteiger partial charge in [-0.15, -0.1) is 0 Å². The van der Waals surface area contributed by atoms with Crippen LogP contribution in [-0.4, -0.2) is 71.1 Å². The lowest BCUT2D eigenvalue weighted by Crippen LogP contribution is -2.44. The summed E-state index contributed by atoms with van der Waals surface area (Å²) in [5, 5.41) is 5.48. The largest absolute Gasteiger partial charge is 0.377 e. The van der Waals surface area contributed by atoms with Gasteiger partial charge in [-0.2, -0.15) is 0 Å². The summed E-state index contributed by atoms with van der Waals surface area (Å²) in [6.45, 7) is 6.22. The smallest absolute Gasteiger partial charge is 0.319 e. The van der Waals surface area contributed by atoms with Crippen LogP contribution in [0, 0.1) is 0 Å². The maximum atomic E-state index is 15.3. The Labute approximate surface area is 196 Å². The molecular weight excluding hydrogens is 441 g/mol. The molecule has 1 atom stereocenters. The van der Waals surface area contributed by atoms with Crippen LogP contribution in [0.5, 0.6) is 0 Å². The molecule has 0 saturated carbocycles. The molecule has 0 aliphatic carbocycles. The number of urea groups is 1. The number of nitrogens with one attached hydrogen (secondary N) is 2. The van der Waals surface area contributed by atoms with Gasteiger partial charge in [0.1, 0.15) is 0 Å². The minimum absolute atomic E-state index is 0.0200. The number of hydrogen-bond acceptors (Lipinski definition) is 7. The van der Waals surface area contributed by atoms with Gasteiger partial charge in [0.05, 0.1) is 32.5 Å². The zero-order valence-electron chi connectivity index (χ0n) is 19.5. The van der Waals surface area contributed by atoms with Crippen molar-refractivity contribution in [3.05, 3.63) is 30.1 Å². The van der Waals surface area contributed by atoms with Crippen LogP contribution in [0.4, 0.5) is 20.7 Å². The second-order valence-corrected chi connectivity index (χ2v) is 8.67. The van der Waals surface area contributed by atoms with E-state index in [1.54, 1.807) is 23.7 Å². The second-order valence-electron chi connectivity index (χ2n) is 8.67. The predicted octanol–water partition coefficient (Wildman–Crippen LogP) is 2.59. The van der Waals surface area contributed by atoms with Gasteiger partial charge in [-0.3, -0.25) is 0 Å². The van der Waals surface area contributed by atoms with Crippen molar-refractivity contribution in [3.8, 4) is 11.4 Å². The van der Waals surface area contributed by atoms with E-state index in [9.17, 15) is 4.79 Å². The number of fused-ring (bicyclic) bond motifs is 1. The van der Waals surface area contributed by atoms with Crippen molar-refractivity contribution in [2.24, 2.45) is 7.05 Å². The summed E-state index contributed by atoms with van der Waals surface area (Å²) >= 11 is 0. The lowest BCUT2D eigenvalue weighted by atomic mass is 10.0. The molecule has 2 aromatic heterocycles. The van der Waals surface area contributed by atoms with E-state index < -0.39 is 5.67 Å². The lowest BCUT2D eigenvalue weighted by Gasteiger charge is -2.34. The third-order valence-corrected chi connectivity index (χ3v) is 6.14. The molecule has 1 aromatic carbocycles. The number of carbonyl (C=O) groups excluding carboxylic acids is 1. The molecule has 5 rings (SSSR count). The Hall–Kier alpha value is -3.31. The molecule has 0 spiro atoms. The normalized spacial score (nSPS) is 19.6. The Kier molecular flexibility index (Phi) is 5.82. The highest BCUT2D eigenvalue weighted by Gasteiger charge is 2.45. The van der Waals surface area contributed by atoms with Gasteiger partial charge >= 0.3 is 6.03 Å². The van der Waals surface area contributed by atoms with E-state index >= 15 is 4.39 Å². The monoisotopic (exact) mass is 469 g/mol. The summed E-state index contributed by atoms with van der Waals surface area (Å²) < 4.78 is 27.7. The molecule has 3 aromatic rings. The Morgan fingerprint density at radius 3 is 2.62 bits per heavy atom. The van der Waals surface area contributed by atoms with E-state index in [2.05, 4.69) is 27.4 Å². The summed E-state index contributed by atoms with van der Waals surface area (Å²) in [7, 11) is 1.77. The number of hydrogen-bond donors (Lipinski definition) is 2. The topological polar surface area (TPSA) is 106 Å². The number of rotatable bonds is 5. The minimum Gasteiger partial charge on any atom is -0.377 e. The van der Waals surface area contributed by atoms with E-state index in [4.69, 9.17) is 19.4 Å². The number of benzene rings is 1. The first-order valence-electron chi connectivity index (χ1n) is 11.4. The Balaban J connectivity index is 1.58. The number of ether oxygens (including phenoxy) is 2. The van der Waals surface area contributed by atoms with Crippen molar-refractivity contribution in [1.82, 2.24) is 24.8 Å². The molecule has 2 saturated heterocycles. The maximum Gasteiger partial charge on any atom is 0.319 e. The van der Waals surface area contributed by atoms with Crippen molar-refractivity contribution >= 4 is 28.7 Å². The molecule has 2 N–H and O–H groups in total. The summed E-state index contributed by atoms with van der Waals surface area (Å²) in [6.07, 6.45) is 0. The van der Waals surface area contributed by atoms with Crippen molar-refractivity contribution in [3.63, 3.8) is 0 Å². The van der Waals surface area contributed by atoms with Crippen LogP contribution in [0.3, 0.4) is 0 Å². The van der Waals surface area contributed by atoms with Crippen LogP contribution in [-0.2, 0) is 22.2 Å². The third-order valence-electron chi connectivity index (χ3n) is 6.14. The van der Waals surface area contributed by atoms with E-state index in [0.29, 0.717) is 60.6 Å². The molecule has 10 nitrogen and oxygen atoms in total. The van der Waals surface area contributed by atoms with Crippen LogP contribution in [0.25, 0.3) is 22.6 Å². The summed E-state index contributed by atoms with van der Waals surface area (Å²) in [5.41, 5.74) is 0.923. The Morgan fingerprint density at radius 2 is 1.97 bits per heavy atom. The van der Waals surface area contributed by atoms with Gasteiger partial charge < -0.3 is 29.6 Å². The standard InChI is InChI=1S/C23H28FN7O3/c1-4-25-22(32)26-16-7-5-15(6-8-16)18-28-19-17(20(29-18)31-9-10-33-11-14(31)2)27-21(30(19)3)23(24)12-34-13-23/h5-8,14H,4,9-13H2,1-3H3,(H2,25,26,32). The number of morpholine rings is 1. The van der Waals surface area contributed by atoms with E-state index in [1.165, 1.54) is 0 Å². The highest BCUT2D eigenvalue weighted by Crippen LogP contribution is 2.37. The first-order chi connectivity index (χ1) is 16.4. The zero-order valence-corrected chi connectivity index (χ0v) is 19.5. The van der Waals surface area contributed by atoms with Crippen LogP contribution >= 0.6 is 0 Å². The zero-order chi connectivity index (χ0) is 23.9. The molecule has 4 heterocycles. The molecule has 0 bridgehead atoms. The van der Waals surface area contributed by atoms with Gasteiger partial charge in [-0.25, -0.2) is 24.1 Å². The SMILES string of the molecule is CCNC(=O)Nc1ccc(-c2nc(N3CCOCC3C)c3nc(C4(F)COC4)n(C)c3n2)cc1. The third kappa shape index (κ3) is 3.94. The number of imidazole rings is 1. The van der Waals surface area contributed by atoms with Crippen LogP contribution in [0.15, 0.2) is 24.3 Å². The van der Waals surface area contributed by atoms with E-state index in [-0.39, 0.29) is 25.3 Å². The van der Waals surface area contributed by atoms with E-state index in [1.807, 2.05) is 19.1 Å². The van der Waals surface area contributed by atoms with Gasteiger partial charge in [-0.1, -0.05) is 0 Å². The molecule has 11 heteroatoms. The number of aromatic nitrogens is 4. The molecule has 34 heavy (non-hydrogen) atoms. The average Bonchev–Trinajstić information content (AvgIpc) is 3.15. The van der Waals surface area contributed by atoms with Gasteiger partial charge in [0.2, 0.25) is 5.67 Å². The number of alkyl halides is 1. The highest BCUT2D eigenvalue weighted by molar-refractivity contribution is 5.90. The van der Waals surface area contributed by atoms with Gasteiger partial charge in [0.25, 0.3) is 0 Å². The Bertz CT molecular complexity index is 1210. The predicted molar refractivity (Wildman–Crippen MR) is 126 cm³/mol. The summed E-state index contributed by atoms with van der Waals surface area (Å²) in [6, 6.07) is 7.11. The minimum atomic E-state index is -1.63. The number of aryl methyl sites for hydroxylation is 1. The van der Waals surface area contributed by atoms with Crippen molar-refractivity contribution in [2.75, 3.05) is 49.7 Å². The van der Waals surface area contributed by atoms with E-state index in [0.717, 1.165) is 5.56 Å². The number of carbonyl (C=O) groups is 1. The molecule has 2 aliphatic rings. The molecule has 2 aliphatic heterocycles. The fraction of sp³-hybridized carbons (Fsp3) is 0.478. The first-order valence-corrected chi connectivity index (χ1v) is 11.4. The molecule has 2 fully saturated rings. The van der Waals surface area contributed by atoms with Crippen LogP contribution in [0.1, 0.15) is 19.7 Å². The lowest BCUT2D eigenvalue weighted by molar-refractivity contribution is -0.141. The molecule has 2 amide bonds. The number of halogens is 1. The number of anilines is 2. The molecule has 0 radical (unpaired) electrons. The first kappa shape index (κ1) is 22.5. The van der Waals surface area contributed by atoms with Gasteiger partial charge in [0, 0.05) is 31.4 Å².